The quantitative estimate of drug-likeness (QED) is 0.235. The first-order chi connectivity index (χ1) is 12.5. The molecule has 0 aromatic heterocycles. The standard InChI is InChI=1S/C20H28O6/c1-4-24-11-15-16-5-6-20(26-13-25-8-7-23-3)12-19(16,9-14(20)2)17(10-21)18(15)22/h10-11,16,21H,2,4-9,12-13H2,1,3H3/b15-11+,17-10+/t16?,19-,20-/m0/s1. The summed E-state index contributed by atoms with van der Waals surface area (Å²) in [5, 5.41) is 9.82. The van der Waals surface area contributed by atoms with Gasteiger partial charge in [-0.05, 0) is 38.2 Å². The van der Waals surface area contributed by atoms with E-state index in [0.717, 1.165) is 24.7 Å². The highest BCUT2D eigenvalue weighted by Crippen LogP contribution is 2.68. The van der Waals surface area contributed by atoms with E-state index >= 15 is 0 Å². The molecule has 1 unspecified atom stereocenters. The predicted molar refractivity (Wildman–Crippen MR) is 95.5 cm³/mol. The Morgan fingerprint density at radius 1 is 1.38 bits per heavy atom. The van der Waals surface area contributed by atoms with E-state index in [1.807, 2.05) is 6.92 Å². The average molecular weight is 364 g/mol. The average Bonchev–Trinajstić information content (AvgIpc) is 2.99. The van der Waals surface area contributed by atoms with Crippen molar-refractivity contribution in [1.82, 2.24) is 0 Å². The second kappa shape index (κ2) is 7.55. The van der Waals surface area contributed by atoms with E-state index in [9.17, 15) is 9.90 Å². The number of hydrogen-bond acceptors (Lipinski definition) is 6. The number of methoxy groups -OCH3 is 1. The Kier molecular flexibility index (Phi) is 5.55. The summed E-state index contributed by atoms with van der Waals surface area (Å²) < 4.78 is 22.0. The monoisotopic (exact) mass is 364 g/mol. The van der Waals surface area contributed by atoms with Crippen molar-refractivity contribution >= 4 is 5.78 Å². The molecule has 0 amide bonds. The van der Waals surface area contributed by atoms with Gasteiger partial charge in [0, 0.05) is 29.6 Å². The molecule has 1 N–H and O–H groups in total. The number of carbonyl (C=O) groups excluding carboxylic acids is 1. The number of rotatable bonds is 8. The van der Waals surface area contributed by atoms with Gasteiger partial charge in [0.15, 0.2) is 5.78 Å². The van der Waals surface area contributed by atoms with Crippen molar-refractivity contribution in [2.45, 2.75) is 38.2 Å². The third-order valence-corrected chi connectivity index (χ3v) is 6.05. The van der Waals surface area contributed by atoms with E-state index in [1.54, 1.807) is 13.4 Å². The Balaban J connectivity index is 1.82. The van der Waals surface area contributed by atoms with Crippen LogP contribution in [0.3, 0.4) is 0 Å². The number of hydrogen-bond donors (Lipinski definition) is 1. The fourth-order valence-corrected chi connectivity index (χ4v) is 4.85. The maximum atomic E-state index is 12.8. The summed E-state index contributed by atoms with van der Waals surface area (Å²) in [4.78, 5) is 12.8. The zero-order chi connectivity index (χ0) is 18.8. The number of aliphatic hydroxyl groups excluding tert-OH is 1. The van der Waals surface area contributed by atoms with Crippen LogP contribution in [-0.2, 0) is 23.7 Å². The van der Waals surface area contributed by atoms with Crippen molar-refractivity contribution in [2.24, 2.45) is 11.3 Å². The van der Waals surface area contributed by atoms with E-state index in [2.05, 4.69) is 6.58 Å². The van der Waals surface area contributed by atoms with Gasteiger partial charge in [0.2, 0.25) is 0 Å². The number of allylic oxidation sites excluding steroid dienone is 2. The largest absolute Gasteiger partial charge is 0.515 e. The normalized spacial score (nSPS) is 36.2. The molecule has 1 spiro atoms. The van der Waals surface area contributed by atoms with Gasteiger partial charge in [-0.1, -0.05) is 6.58 Å². The second-order valence-corrected chi connectivity index (χ2v) is 7.26. The maximum absolute atomic E-state index is 12.8. The fraction of sp³-hybridized carbons (Fsp3) is 0.650. The zero-order valence-corrected chi connectivity index (χ0v) is 15.6. The third-order valence-electron chi connectivity index (χ3n) is 6.05. The Hall–Kier alpha value is -1.63. The molecule has 0 radical (unpaired) electrons. The minimum Gasteiger partial charge on any atom is -0.515 e. The molecule has 6 nitrogen and oxygen atoms in total. The summed E-state index contributed by atoms with van der Waals surface area (Å²) in [6.45, 7) is 7.78. The summed E-state index contributed by atoms with van der Waals surface area (Å²) in [7, 11) is 1.62. The van der Waals surface area contributed by atoms with Crippen molar-refractivity contribution in [2.75, 3.05) is 33.7 Å². The Morgan fingerprint density at radius 2 is 2.19 bits per heavy atom. The highest BCUT2D eigenvalue weighted by molar-refractivity contribution is 6.12. The van der Waals surface area contributed by atoms with Crippen molar-refractivity contribution in [1.29, 1.82) is 0 Å². The molecule has 6 heteroatoms. The smallest absolute Gasteiger partial charge is 0.192 e. The highest BCUT2D eigenvalue weighted by Gasteiger charge is 2.66. The van der Waals surface area contributed by atoms with Crippen molar-refractivity contribution in [3.05, 3.63) is 35.8 Å². The van der Waals surface area contributed by atoms with Crippen LogP contribution in [0, 0.1) is 11.3 Å². The van der Waals surface area contributed by atoms with Crippen LogP contribution < -0.4 is 0 Å². The van der Waals surface area contributed by atoms with E-state index in [-0.39, 0.29) is 18.5 Å². The summed E-state index contributed by atoms with van der Waals surface area (Å²) in [6, 6.07) is 0. The van der Waals surface area contributed by atoms with E-state index in [0.29, 0.717) is 43.8 Å². The molecule has 3 atom stereocenters. The van der Waals surface area contributed by atoms with Gasteiger partial charge in [-0.25, -0.2) is 0 Å². The molecule has 3 aliphatic rings. The van der Waals surface area contributed by atoms with Gasteiger partial charge >= 0.3 is 0 Å². The van der Waals surface area contributed by atoms with Gasteiger partial charge in [-0.2, -0.15) is 0 Å². The molecule has 2 bridgehead atoms. The third kappa shape index (κ3) is 2.90. The van der Waals surface area contributed by atoms with Crippen molar-refractivity contribution in [3.63, 3.8) is 0 Å². The maximum Gasteiger partial charge on any atom is 0.192 e. The highest BCUT2D eigenvalue weighted by atomic mass is 16.7. The molecule has 3 fully saturated rings. The molecule has 0 heterocycles. The molecular weight excluding hydrogens is 336 g/mol. The van der Waals surface area contributed by atoms with Gasteiger partial charge in [-0.15, -0.1) is 0 Å². The molecule has 0 saturated heterocycles. The molecule has 3 rings (SSSR count). The van der Waals surface area contributed by atoms with Crippen LogP contribution in [0.5, 0.6) is 0 Å². The molecule has 144 valence electrons. The lowest BCUT2D eigenvalue weighted by molar-refractivity contribution is -0.145. The summed E-state index contributed by atoms with van der Waals surface area (Å²) in [6.07, 6.45) is 5.40. The number of ether oxygens (including phenoxy) is 4. The Labute approximate surface area is 154 Å². The predicted octanol–water partition coefficient (Wildman–Crippen LogP) is 3.05. The van der Waals surface area contributed by atoms with Gasteiger partial charge in [-0.3, -0.25) is 4.79 Å². The SMILES string of the molecule is C=C1C[C@]23C[C@@]1(OCOCCOC)CCC2/C(=C\OCC)C(=O)/C3=C\O. The second-order valence-electron chi connectivity index (χ2n) is 7.26. The zero-order valence-electron chi connectivity index (χ0n) is 15.6. The van der Waals surface area contributed by atoms with E-state index in [1.165, 1.54) is 0 Å². The molecular formula is C20H28O6. The van der Waals surface area contributed by atoms with Gasteiger partial charge in [0.05, 0.1) is 37.9 Å². The number of carbonyl (C=O) groups is 1. The molecule has 0 aromatic rings. The van der Waals surface area contributed by atoms with Gasteiger partial charge in [0.1, 0.15) is 6.79 Å². The Bertz CT molecular complexity index is 636. The lowest BCUT2D eigenvalue weighted by Crippen LogP contribution is -2.40. The number of Topliss-reactive ketones (excluding diaryl/α,β-unsaturated/α-hetero) is 1. The first-order valence-electron chi connectivity index (χ1n) is 9.15. The van der Waals surface area contributed by atoms with Crippen LogP contribution in [0.2, 0.25) is 0 Å². The summed E-state index contributed by atoms with van der Waals surface area (Å²) in [5.74, 6) is -0.0851. The molecule has 26 heavy (non-hydrogen) atoms. The summed E-state index contributed by atoms with van der Waals surface area (Å²) in [5.41, 5.74) is 1.14. The van der Waals surface area contributed by atoms with Crippen molar-refractivity contribution < 1.29 is 28.8 Å². The van der Waals surface area contributed by atoms with Crippen LogP contribution in [0.1, 0.15) is 32.6 Å². The van der Waals surface area contributed by atoms with Crippen LogP contribution in [0.15, 0.2) is 35.8 Å². The number of fused-ring (bicyclic) bond motifs is 1. The number of ketones is 1. The molecule has 3 aliphatic carbocycles. The number of aliphatic hydroxyl groups is 1. The minimum atomic E-state index is -0.501. The van der Waals surface area contributed by atoms with E-state index in [4.69, 9.17) is 18.9 Å². The van der Waals surface area contributed by atoms with E-state index < -0.39 is 11.0 Å². The minimum absolute atomic E-state index is 0.0327. The fourth-order valence-electron chi connectivity index (χ4n) is 4.85. The van der Waals surface area contributed by atoms with Crippen molar-refractivity contribution in [3.8, 4) is 0 Å². The Morgan fingerprint density at radius 3 is 2.88 bits per heavy atom. The van der Waals surface area contributed by atoms with Gasteiger partial charge in [0.25, 0.3) is 0 Å². The van der Waals surface area contributed by atoms with Crippen LogP contribution in [-0.4, -0.2) is 50.2 Å². The van der Waals surface area contributed by atoms with Crippen LogP contribution in [0.25, 0.3) is 0 Å². The summed E-state index contributed by atoms with van der Waals surface area (Å²) >= 11 is 0. The van der Waals surface area contributed by atoms with Crippen LogP contribution >= 0.6 is 0 Å². The lowest BCUT2D eigenvalue weighted by atomic mass is 9.66. The molecule has 3 saturated carbocycles. The molecule has 0 aromatic carbocycles. The van der Waals surface area contributed by atoms with Crippen LogP contribution in [0.4, 0.5) is 0 Å². The van der Waals surface area contributed by atoms with Gasteiger partial charge < -0.3 is 24.1 Å². The first-order valence-corrected chi connectivity index (χ1v) is 9.15. The lowest BCUT2D eigenvalue weighted by Gasteiger charge is -2.41. The topological polar surface area (TPSA) is 74.2 Å². The first kappa shape index (κ1) is 19.1. The molecule has 0 aliphatic heterocycles.